The molecule has 0 bridgehead atoms. The fourth-order valence-electron chi connectivity index (χ4n) is 4.69. The monoisotopic (exact) mass is 391 g/mol. The average molecular weight is 391 g/mol. The van der Waals surface area contributed by atoms with Crippen LogP contribution < -0.4 is 9.97 Å². The van der Waals surface area contributed by atoms with E-state index < -0.39 is 18.5 Å². The van der Waals surface area contributed by atoms with Crippen LogP contribution in [0.25, 0.3) is 0 Å². The van der Waals surface area contributed by atoms with E-state index in [2.05, 4.69) is 5.32 Å². The fourth-order valence-corrected chi connectivity index (χ4v) is 4.69. The van der Waals surface area contributed by atoms with Gasteiger partial charge in [0.05, 0.1) is 16.9 Å². The van der Waals surface area contributed by atoms with Crippen molar-refractivity contribution >= 4 is 18.8 Å². The minimum Gasteiger partial charge on any atom is -0.534 e. The highest BCUT2D eigenvalue weighted by Crippen LogP contribution is 2.40. The lowest BCUT2D eigenvalue weighted by molar-refractivity contribution is -0.128. The molecule has 0 spiro atoms. The maximum Gasteiger partial charge on any atom is 0.547 e. The molecule has 0 saturated heterocycles. The van der Waals surface area contributed by atoms with Crippen molar-refractivity contribution in [2.75, 3.05) is 0 Å². The molecule has 2 aromatic carbocycles. The van der Waals surface area contributed by atoms with Gasteiger partial charge in [0.1, 0.15) is 5.75 Å². The number of carbonyl (C=O) groups excluding carboxylic acids is 2. The molecule has 6 heteroatoms. The molecular formula is C23H26BNO4. The molecule has 29 heavy (non-hydrogen) atoms. The second-order valence-electron chi connectivity index (χ2n) is 8.15. The summed E-state index contributed by atoms with van der Waals surface area (Å²) in [5, 5.41) is 13.6. The van der Waals surface area contributed by atoms with Crippen molar-refractivity contribution in [3.05, 3.63) is 65.2 Å². The Morgan fingerprint density at radius 2 is 1.79 bits per heavy atom. The highest BCUT2D eigenvalue weighted by molar-refractivity contribution is 6.47. The number of fused-ring (bicyclic) bond motifs is 1. The van der Waals surface area contributed by atoms with E-state index in [1.807, 2.05) is 42.5 Å². The van der Waals surface area contributed by atoms with Crippen LogP contribution in [0.15, 0.2) is 48.5 Å². The lowest BCUT2D eigenvalue weighted by atomic mass is 9.67. The SMILES string of the molecule is CC(=O)c1cccc2c1OB(O)[C@@H](NC(=O)C1(c3ccccc3)CCCCC1)C2. The van der Waals surface area contributed by atoms with Crippen molar-refractivity contribution in [2.24, 2.45) is 0 Å². The van der Waals surface area contributed by atoms with Gasteiger partial charge in [-0.2, -0.15) is 0 Å². The third-order valence-corrected chi connectivity index (χ3v) is 6.28. The second-order valence-corrected chi connectivity index (χ2v) is 8.15. The van der Waals surface area contributed by atoms with E-state index >= 15 is 0 Å². The number of para-hydroxylation sites is 1. The summed E-state index contributed by atoms with van der Waals surface area (Å²) in [4.78, 5) is 25.3. The number of hydrogen-bond acceptors (Lipinski definition) is 4. The number of ketones is 1. The Morgan fingerprint density at radius 1 is 1.07 bits per heavy atom. The van der Waals surface area contributed by atoms with Crippen molar-refractivity contribution in [3.8, 4) is 5.75 Å². The Labute approximate surface area is 171 Å². The van der Waals surface area contributed by atoms with E-state index in [1.165, 1.54) is 6.92 Å². The second kappa shape index (κ2) is 8.03. The number of nitrogens with one attached hydrogen (secondary N) is 1. The van der Waals surface area contributed by atoms with Crippen LogP contribution in [-0.2, 0) is 16.6 Å². The first kappa shape index (κ1) is 19.7. The number of benzene rings is 2. The molecule has 1 fully saturated rings. The standard InChI is InChI=1S/C23H26BNO4/c1-16(26)19-12-8-9-17-15-20(24(28)29-21(17)19)25-22(27)23(13-6-3-7-14-23)18-10-4-2-5-11-18/h2,4-5,8-12,20,28H,3,6-7,13-15H2,1H3,(H,25,27)/t20-/m0/s1. The van der Waals surface area contributed by atoms with Gasteiger partial charge in [0.15, 0.2) is 5.78 Å². The summed E-state index contributed by atoms with van der Waals surface area (Å²) in [7, 11) is -1.19. The molecule has 1 atom stereocenters. The molecule has 1 aliphatic heterocycles. The van der Waals surface area contributed by atoms with Gasteiger partial charge in [0.2, 0.25) is 5.91 Å². The molecule has 0 radical (unpaired) electrons. The Kier molecular flexibility index (Phi) is 5.46. The first-order chi connectivity index (χ1) is 14.0. The van der Waals surface area contributed by atoms with E-state index in [-0.39, 0.29) is 11.7 Å². The Morgan fingerprint density at radius 3 is 2.48 bits per heavy atom. The molecule has 1 heterocycles. The van der Waals surface area contributed by atoms with Crippen molar-refractivity contribution in [1.29, 1.82) is 0 Å². The van der Waals surface area contributed by atoms with Gasteiger partial charge in [-0.1, -0.05) is 61.7 Å². The quantitative estimate of drug-likeness (QED) is 0.620. The van der Waals surface area contributed by atoms with E-state index in [1.54, 1.807) is 6.07 Å². The topological polar surface area (TPSA) is 75.6 Å². The average Bonchev–Trinajstić information content (AvgIpc) is 2.74. The molecule has 4 rings (SSSR count). The molecule has 5 nitrogen and oxygen atoms in total. The summed E-state index contributed by atoms with van der Waals surface area (Å²) in [6.45, 7) is 1.48. The summed E-state index contributed by atoms with van der Waals surface area (Å²) < 4.78 is 5.68. The minimum absolute atomic E-state index is 0.0535. The zero-order valence-corrected chi connectivity index (χ0v) is 16.7. The zero-order valence-electron chi connectivity index (χ0n) is 16.7. The lowest BCUT2D eigenvalue weighted by Crippen LogP contribution is -2.57. The number of carbonyl (C=O) groups is 2. The summed E-state index contributed by atoms with van der Waals surface area (Å²) in [5.41, 5.74) is 1.74. The highest BCUT2D eigenvalue weighted by atomic mass is 16.5. The Balaban J connectivity index is 1.59. The number of rotatable bonds is 4. The van der Waals surface area contributed by atoms with Crippen LogP contribution in [0.1, 0.15) is 60.5 Å². The van der Waals surface area contributed by atoms with Crippen LogP contribution in [0.5, 0.6) is 5.75 Å². The van der Waals surface area contributed by atoms with Crippen LogP contribution in [0.4, 0.5) is 0 Å². The third kappa shape index (κ3) is 3.69. The molecule has 2 N–H and O–H groups in total. The van der Waals surface area contributed by atoms with E-state index in [0.29, 0.717) is 17.7 Å². The first-order valence-electron chi connectivity index (χ1n) is 10.4. The summed E-state index contributed by atoms with van der Waals surface area (Å²) in [6, 6.07) is 15.3. The van der Waals surface area contributed by atoms with Crippen LogP contribution in [0.2, 0.25) is 0 Å². The van der Waals surface area contributed by atoms with E-state index in [4.69, 9.17) is 4.65 Å². The van der Waals surface area contributed by atoms with Crippen LogP contribution >= 0.6 is 0 Å². The third-order valence-electron chi connectivity index (χ3n) is 6.28. The van der Waals surface area contributed by atoms with Gasteiger partial charge < -0.3 is 15.0 Å². The number of amides is 1. The van der Waals surface area contributed by atoms with E-state index in [0.717, 1.165) is 43.2 Å². The normalized spacial score (nSPS) is 20.3. The maximum atomic E-state index is 13.5. The molecule has 0 aromatic heterocycles. The molecule has 2 aromatic rings. The first-order valence-corrected chi connectivity index (χ1v) is 10.4. The number of Topliss-reactive ketones (excluding diaryl/α,β-unsaturated/α-hetero) is 1. The van der Waals surface area contributed by atoms with Gasteiger partial charge in [-0.3, -0.25) is 9.59 Å². The Bertz CT molecular complexity index is 908. The maximum absolute atomic E-state index is 13.5. The minimum atomic E-state index is -1.19. The van der Waals surface area contributed by atoms with Crippen LogP contribution in [0.3, 0.4) is 0 Å². The smallest absolute Gasteiger partial charge is 0.534 e. The largest absolute Gasteiger partial charge is 0.547 e. The van der Waals surface area contributed by atoms with Gasteiger partial charge >= 0.3 is 7.12 Å². The zero-order chi connectivity index (χ0) is 20.4. The van der Waals surface area contributed by atoms with E-state index in [9.17, 15) is 14.6 Å². The van der Waals surface area contributed by atoms with Crippen LogP contribution in [-0.4, -0.2) is 29.8 Å². The predicted octanol–water partition coefficient (Wildman–Crippen LogP) is 3.23. The van der Waals surface area contributed by atoms with Gasteiger partial charge in [-0.15, -0.1) is 0 Å². The summed E-state index contributed by atoms with van der Waals surface area (Å²) >= 11 is 0. The molecule has 0 unspecified atom stereocenters. The molecule has 150 valence electrons. The fraction of sp³-hybridized carbons (Fsp3) is 0.391. The molecule has 1 amide bonds. The van der Waals surface area contributed by atoms with Crippen molar-refractivity contribution in [2.45, 2.75) is 56.8 Å². The predicted molar refractivity (Wildman–Crippen MR) is 112 cm³/mol. The van der Waals surface area contributed by atoms with Gasteiger partial charge in [-0.25, -0.2) is 0 Å². The lowest BCUT2D eigenvalue weighted by Gasteiger charge is -2.38. The molecule has 2 aliphatic rings. The van der Waals surface area contributed by atoms with Crippen molar-refractivity contribution < 1.29 is 19.3 Å². The van der Waals surface area contributed by atoms with Crippen molar-refractivity contribution in [1.82, 2.24) is 5.32 Å². The molecular weight excluding hydrogens is 365 g/mol. The molecule has 1 saturated carbocycles. The van der Waals surface area contributed by atoms with Gasteiger partial charge in [-0.05, 0) is 43.4 Å². The Hall–Kier alpha value is -2.60. The van der Waals surface area contributed by atoms with Crippen LogP contribution in [0, 0.1) is 0 Å². The van der Waals surface area contributed by atoms with Crippen molar-refractivity contribution in [3.63, 3.8) is 0 Å². The number of hydrogen-bond donors (Lipinski definition) is 2. The molecule has 1 aliphatic carbocycles. The summed E-state index contributed by atoms with van der Waals surface area (Å²) in [6.07, 6.45) is 5.19. The van der Waals surface area contributed by atoms with Gasteiger partial charge in [0, 0.05) is 0 Å². The van der Waals surface area contributed by atoms with Gasteiger partial charge in [0.25, 0.3) is 0 Å². The highest BCUT2D eigenvalue weighted by Gasteiger charge is 2.45. The summed E-state index contributed by atoms with van der Waals surface area (Å²) in [5.74, 6) is -0.294.